The van der Waals surface area contributed by atoms with Crippen LogP contribution in [0.2, 0.25) is 0 Å². The van der Waals surface area contributed by atoms with Gasteiger partial charge < -0.3 is 5.32 Å². The number of anilines is 1. The van der Waals surface area contributed by atoms with Crippen LogP contribution in [-0.2, 0) is 0 Å². The van der Waals surface area contributed by atoms with Gasteiger partial charge in [0.25, 0.3) is 5.91 Å². The molecule has 3 rings (SSSR count). The van der Waals surface area contributed by atoms with Gasteiger partial charge >= 0.3 is 0 Å². The van der Waals surface area contributed by atoms with Crippen LogP contribution in [0.3, 0.4) is 0 Å². The van der Waals surface area contributed by atoms with E-state index in [-0.39, 0.29) is 11.4 Å². The Morgan fingerprint density at radius 3 is 3.00 bits per heavy atom. The molecule has 0 spiro atoms. The first-order chi connectivity index (χ1) is 10.0. The van der Waals surface area contributed by atoms with Gasteiger partial charge in [-0.3, -0.25) is 4.79 Å². The molecule has 0 bridgehead atoms. The summed E-state index contributed by atoms with van der Waals surface area (Å²) in [6.07, 6.45) is 3.30. The number of benzene rings is 1. The minimum Gasteiger partial charge on any atom is -0.318 e. The Morgan fingerprint density at radius 2 is 2.19 bits per heavy atom. The highest BCUT2D eigenvalue weighted by Crippen LogP contribution is 2.17. The van der Waals surface area contributed by atoms with E-state index in [2.05, 4.69) is 31.3 Å². The molecule has 0 atom stereocenters. The van der Waals surface area contributed by atoms with Gasteiger partial charge in [0.05, 0.1) is 10.2 Å². The van der Waals surface area contributed by atoms with E-state index in [0.29, 0.717) is 5.65 Å². The van der Waals surface area contributed by atoms with Crippen molar-refractivity contribution < 1.29 is 9.18 Å². The van der Waals surface area contributed by atoms with E-state index in [1.807, 2.05) is 6.92 Å². The van der Waals surface area contributed by atoms with Gasteiger partial charge in [0.1, 0.15) is 5.82 Å². The molecule has 3 aromatic rings. The third-order valence-corrected chi connectivity index (χ3v) is 3.29. The van der Waals surface area contributed by atoms with Crippen LogP contribution >= 0.6 is 15.9 Å². The van der Waals surface area contributed by atoms with Crippen LogP contribution in [0.1, 0.15) is 16.1 Å². The van der Waals surface area contributed by atoms with Crippen LogP contribution in [0.15, 0.2) is 41.1 Å². The van der Waals surface area contributed by atoms with Crippen molar-refractivity contribution in [3.63, 3.8) is 0 Å². The van der Waals surface area contributed by atoms with E-state index < -0.39 is 11.7 Å². The molecule has 1 N–H and O–H groups in total. The zero-order valence-corrected chi connectivity index (χ0v) is 12.6. The van der Waals surface area contributed by atoms with Crippen molar-refractivity contribution in [2.45, 2.75) is 6.92 Å². The number of rotatable bonds is 2. The highest BCUT2D eigenvalue weighted by molar-refractivity contribution is 9.10. The summed E-state index contributed by atoms with van der Waals surface area (Å²) in [5.74, 6) is -0.972. The molecule has 1 amide bonds. The summed E-state index contributed by atoms with van der Waals surface area (Å²) in [7, 11) is 0. The predicted octanol–water partition coefficient (Wildman–Crippen LogP) is 3.19. The number of hydrogen-bond donors (Lipinski definition) is 1. The average molecular weight is 349 g/mol. The molecule has 2 aromatic heterocycles. The number of nitrogens with zero attached hydrogens (tertiary/aromatic N) is 3. The second kappa shape index (κ2) is 5.25. The molecule has 21 heavy (non-hydrogen) atoms. The van der Waals surface area contributed by atoms with E-state index in [4.69, 9.17) is 0 Å². The monoisotopic (exact) mass is 348 g/mol. The van der Waals surface area contributed by atoms with Crippen LogP contribution in [-0.4, -0.2) is 20.5 Å². The molecule has 0 saturated heterocycles. The van der Waals surface area contributed by atoms with Crippen LogP contribution in [0.25, 0.3) is 5.65 Å². The van der Waals surface area contributed by atoms with Crippen molar-refractivity contribution in [3.8, 4) is 0 Å². The fourth-order valence-electron chi connectivity index (χ4n) is 1.89. The minimum atomic E-state index is -0.487. The van der Waals surface area contributed by atoms with Crippen molar-refractivity contribution in [3.05, 3.63) is 58.2 Å². The number of carbonyl (C=O) groups is 1. The number of carbonyl (C=O) groups excluding carboxylic acids is 1. The molecule has 0 unspecified atom stereocenters. The molecule has 2 heterocycles. The quantitative estimate of drug-likeness (QED) is 0.773. The number of aromatic nitrogens is 3. The SMILES string of the molecule is Cc1ccc(F)c(NC(=O)c2cc3ncc(Br)cn3n2)c1. The van der Waals surface area contributed by atoms with Gasteiger partial charge in [0.2, 0.25) is 0 Å². The molecular formula is C14H10BrFN4O. The summed E-state index contributed by atoms with van der Waals surface area (Å²) in [6.45, 7) is 1.82. The Bertz CT molecular complexity index is 846. The van der Waals surface area contributed by atoms with Gasteiger partial charge in [0, 0.05) is 18.5 Å². The van der Waals surface area contributed by atoms with Gasteiger partial charge in [-0.25, -0.2) is 13.9 Å². The maximum Gasteiger partial charge on any atom is 0.276 e. The van der Waals surface area contributed by atoms with Gasteiger partial charge in [-0.15, -0.1) is 0 Å². The summed E-state index contributed by atoms with van der Waals surface area (Å²) in [6, 6.07) is 6.05. The summed E-state index contributed by atoms with van der Waals surface area (Å²) in [5.41, 5.74) is 1.69. The Labute approximate surface area is 127 Å². The molecule has 0 radical (unpaired) electrons. The lowest BCUT2D eigenvalue weighted by atomic mass is 10.2. The largest absolute Gasteiger partial charge is 0.318 e. The summed E-state index contributed by atoms with van der Waals surface area (Å²) >= 11 is 3.28. The van der Waals surface area contributed by atoms with Crippen molar-refractivity contribution in [2.75, 3.05) is 5.32 Å². The van der Waals surface area contributed by atoms with Crippen LogP contribution < -0.4 is 5.32 Å². The fraction of sp³-hybridized carbons (Fsp3) is 0.0714. The van der Waals surface area contributed by atoms with Gasteiger partial charge in [-0.05, 0) is 40.5 Å². The number of hydrogen-bond acceptors (Lipinski definition) is 3. The molecule has 0 aliphatic carbocycles. The maximum atomic E-state index is 13.6. The molecular weight excluding hydrogens is 339 g/mol. The number of aryl methyl sites for hydroxylation is 1. The van der Waals surface area contributed by atoms with Gasteiger partial charge in [-0.1, -0.05) is 6.07 Å². The molecule has 7 heteroatoms. The maximum absolute atomic E-state index is 13.6. The van der Waals surface area contributed by atoms with Crippen LogP contribution in [0.4, 0.5) is 10.1 Å². The van der Waals surface area contributed by atoms with Gasteiger partial charge in [0.15, 0.2) is 11.3 Å². The second-order valence-corrected chi connectivity index (χ2v) is 5.46. The lowest BCUT2D eigenvalue weighted by Gasteiger charge is -2.05. The molecule has 5 nitrogen and oxygen atoms in total. The lowest BCUT2D eigenvalue weighted by Crippen LogP contribution is -2.13. The number of fused-ring (bicyclic) bond motifs is 1. The number of nitrogens with one attached hydrogen (secondary N) is 1. The lowest BCUT2D eigenvalue weighted by molar-refractivity contribution is 0.102. The summed E-state index contributed by atoms with van der Waals surface area (Å²) < 4.78 is 15.9. The predicted molar refractivity (Wildman–Crippen MR) is 79.8 cm³/mol. The molecule has 0 aliphatic rings. The van der Waals surface area contributed by atoms with E-state index in [1.165, 1.54) is 16.6 Å². The summed E-state index contributed by atoms with van der Waals surface area (Å²) in [5, 5.41) is 6.63. The zero-order chi connectivity index (χ0) is 15.0. The normalized spacial score (nSPS) is 10.8. The Balaban J connectivity index is 1.91. The van der Waals surface area contributed by atoms with Crippen molar-refractivity contribution in [1.29, 1.82) is 0 Å². The zero-order valence-electron chi connectivity index (χ0n) is 11.0. The van der Waals surface area contributed by atoms with E-state index >= 15 is 0 Å². The average Bonchev–Trinajstić information content (AvgIpc) is 2.86. The third kappa shape index (κ3) is 2.78. The fourth-order valence-corrected chi connectivity index (χ4v) is 2.18. The Kier molecular flexibility index (Phi) is 3.42. The number of amides is 1. The Morgan fingerprint density at radius 1 is 1.38 bits per heavy atom. The van der Waals surface area contributed by atoms with Crippen molar-refractivity contribution in [1.82, 2.24) is 14.6 Å². The minimum absolute atomic E-state index is 0.131. The van der Waals surface area contributed by atoms with Crippen molar-refractivity contribution >= 4 is 33.2 Å². The first-order valence-electron chi connectivity index (χ1n) is 6.11. The van der Waals surface area contributed by atoms with E-state index in [0.717, 1.165) is 10.0 Å². The second-order valence-electron chi connectivity index (χ2n) is 4.54. The van der Waals surface area contributed by atoms with Gasteiger partial charge in [-0.2, -0.15) is 5.10 Å². The molecule has 0 aliphatic heterocycles. The van der Waals surface area contributed by atoms with Crippen LogP contribution in [0.5, 0.6) is 0 Å². The first kappa shape index (κ1) is 13.7. The highest BCUT2D eigenvalue weighted by Gasteiger charge is 2.14. The van der Waals surface area contributed by atoms with Crippen molar-refractivity contribution in [2.24, 2.45) is 0 Å². The first-order valence-corrected chi connectivity index (χ1v) is 6.91. The standard InChI is InChI=1S/C14H10BrFN4O/c1-8-2-3-10(16)11(4-8)18-14(21)12-5-13-17-6-9(15)7-20(13)19-12/h2-7H,1H3,(H,18,21). The van der Waals surface area contributed by atoms with Crippen LogP contribution in [0, 0.1) is 12.7 Å². The topological polar surface area (TPSA) is 59.3 Å². The Hall–Kier alpha value is -2.28. The molecule has 106 valence electrons. The smallest absolute Gasteiger partial charge is 0.276 e. The highest BCUT2D eigenvalue weighted by atomic mass is 79.9. The molecule has 0 fully saturated rings. The third-order valence-electron chi connectivity index (χ3n) is 2.88. The summed E-state index contributed by atoms with van der Waals surface area (Å²) in [4.78, 5) is 16.3. The molecule has 1 aromatic carbocycles. The van der Waals surface area contributed by atoms with E-state index in [9.17, 15) is 9.18 Å². The molecule has 0 saturated carbocycles. The number of halogens is 2. The van der Waals surface area contributed by atoms with E-state index in [1.54, 1.807) is 24.5 Å².